The number of hydrogen-bond acceptors (Lipinski definition) is 4. The van der Waals surface area contributed by atoms with Crippen LogP contribution in [0.3, 0.4) is 0 Å². The van der Waals surface area contributed by atoms with Crippen molar-refractivity contribution in [3.63, 3.8) is 0 Å². The van der Waals surface area contributed by atoms with E-state index in [-0.39, 0.29) is 5.78 Å². The monoisotopic (exact) mass is 270 g/mol. The van der Waals surface area contributed by atoms with Gasteiger partial charge in [0.2, 0.25) is 0 Å². The van der Waals surface area contributed by atoms with Crippen LogP contribution < -0.4 is 15.8 Å². The van der Waals surface area contributed by atoms with Gasteiger partial charge in [-0.05, 0) is 31.2 Å². The number of nitrogens with one attached hydrogen (secondary N) is 1. The molecule has 0 bridgehead atoms. The molecule has 3 N–H and O–H groups in total. The van der Waals surface area contributed by atoms with Crippen LogP contribution in [0.1, 0.15) is 22.8 Å². The molecular weight excluding hydrogens is 252 g/mol. The minimum atomic E-state index is -0.0385. The van der Waals surface area contributed by atoms with E-state index in [9.17, 15) is 4.79 Å². The van der Waals surface area contributed by atoms with Crippen molar-refractivity contribution in [1.29, 1.82) is 0 Å². The second-order valence-electron chi connectivity index (χ2n) is 4.52. The second-order valence-corrected chi connectivity index (χ2v) is 4.52. The van der Waals surface area contributed by atoms with Crippen LogP contribution in [0.2, 0.25) is 0 Å². The van der Waals surface area contributed by atoms with Gasteiger partial charge in [0.1, 0.15) is 5.75 Å². The summed E-state index contributed by atoms with van der Waals surface area (Å²) in [4.78, 5) is 11.5. The molecule has 0 saturated carbocycles. The van der Waals surface area contributed by atoms with Gasteiger partial charge in [-0.2, -0.15) is 0 Å². The highest BCUT2D eigenvalue weighted by Gasteiger charge is 2.06. The number of nitrogens with two attached hydrogens (primary N) is 1. The molecule has 0 saturated heterocycles. The van der Waals surface area contributed by atoms with Crippen LogP contribution in [0.25, 0.3) is 0 Å². The first-order valence-electron chi connectivity index (χ1n) is 6.38. The number of carbonyl (C=O) groups is 1. The van der Waals surface area contributed by atoms with Crippen LogP contribution in [-0.2, 0) is 6.54 Å². The van der Waals surface area contributed by atoms with Gasteiger partial charge in [-0.3, -0.25) is 4.79 Å². The van der Waals surface area contributed by atoms with E-state index in [1.54, 1.807) is 19.2 Å². The third kappa shape index (κ3) is 3.09. The van der Waals surface area contributed by atoms with Crippen LogP contribution in [-0.4, -0.2) is 12.9 Å². The zero-order valence-electron chi connectivity index (χ0n) is 11.6. The molecule has 0 aliphatic rings. The van der Waals surface area contributed by atoms with Crippen LogP contribution in [0.4, 0.5) is 11.4 Å². The lowest BCUT2D eigenvalue weighted by molar-refractivity contribution is 0.101. The van der Waals surface area contributed by atoms with Gasteiger partial charge in [0.05, 0.1) is 7.11 Å². The van der Waals surface area contributed by atoms with Crippen molar-refractivity contribution in [2.45, 2.75) is 13.5 Å². The largest absolute Gasteiger partial charge is 0.496 e. The lowest BCUT2D eigenvalue weighted by Crippen LogP contribution is -2.04. The van der Waals surface area contributed by atoms with Crippen molar-refractivity contribution >= 4 is 17.2 Å². The number of carbonyl (C=O) groups excluding carboxylic acids is 1. The molecule has 4 nitrogen and oxygen atoms in total. The molecule has 0 fully saturated rings. The Kier molecular flexibility index (Phi) is 4.25. The van der Waals surface area contributed by atoms with E-state index < -0.39 is 0 Å². The van der Waals surface area contributed by atoms with Crippen LogP contribution in [0.5, 0.6) is 5.75 Å². The number of Topliss-reactive ketones (excluding diaryl/α,β-unsaturated/α-hetero) is 1. The topological polar surface area (TPSA) is 64.3 Å². The molecule has 0 spiro atoms. The molecule has 0 radical (unpaired) electrons. The molecule has 2 aromatic carbocycles. The molecular formula is C16H18N2O2. The Morgan fingerprint density at radius 2 is 2.00 bits per heavy atom. The van der Waals surface area contributed by atoms with Crippen LogP contribution in [0.15, 0.2) is 42.5 Å². The Bertz CT molecular complexity index is 624. The molecule has 104 valence electrons. The smallest absolute Gasteiger partial charge is 0.161 e. The number of hydrogen-bond donors (Lipinski definition) is 2. The van der Waals surface area contributed by atoms with E-state index in [0.29, 0.717) is 17.8 Å². The summed E-state index contributed by atoms with van der Waals surface area (Å²) in [5.74, 6) is 0.797. The molecule has 0 aliphatic carbocycles. The summed E-state index contributed by atoms with van der Waals surface area (Å²) in [7, 11) is 1.65. The maximum atomic E-state index is 11.5. The highest BCUT2D eigenvalue weighted by molar-refractivity contribution is 6.00. The summed E-state index contributed by atoms with van der Waals surface area (Å²) in [5, 5.41) is 3.27. The fourth-order valence-corrected chi connectivity index (χ4v) is 2.02. The predicted octanol–water partition coefficient (Wildman–Crippen LogP) is 3.09. The highest BCUT2D eigenvalue weighted by Crippen LogP contribution is 2.21. The number of ether oxygens (including phenoxy) is 1. The number of ketones is 1. The molecule has 0 unspecified atom stereocenters. The van der Waals surface area contributed by atoms with Gasteiger partial charge in [0.25, 0.3) is 0 Å². The number of nitrogen functional groups attached to an aromatic ring is 1. The van der Waals surface area contributed by atoms with E-state index in [2.05, 4.69) is 5.32 Å². The van der Waals surface area contributed by atoms with Crippen molar-refractivity contribution in [2.75, 3.05) is 18.2 Å². The molecule has 0 atom stereocenters. The molecule has 4 heteroatoms. The summed E-state index contributed by atoms with van der Waals surface area (Å²) in [6.45, 7) is 2.13. The minimum absolute atomic E-state index is 0.0385. The summed E-state index contributed by atoms with van der Waals surface area (Å²) in [6, 6.07) is 13.2. The van der Waals surface area contributed by atoms with Crippen LogP contribution >= 0.6 is 0 Å². The predicted molar refractivity (Wildman–Crippen MR) is 81.2 cm³/mol. The first kappa shape index (κ1) is 13.9. The van der Waals surface area contributed by atoms with Gasteiger partial charge in [-0.15, -0.1) is 0 Å². The van der Waals surface area contributed by atoms with Crippen molar-refractivity contribution in [3.8, 4) is 5.75 Å². The van der Waals surface area contributed by atoms with E-state index >= 15 is 0 Å². The molecule has 0 amide bonds. The Morgan fingerprint density at radius 1 is 1.25 bits per heavy atom. The van der Waals surface area contributed by atoms with E-state index in [1.165, 1.54) is 6.92 Å². The SMILES string of the molecule is COc1ccccc1CNc1ccc(N)c(C(C)=O)c1. The second kappa shape index (κ2) is 6.10. The average molecular weight is 270 g/mol. The lowest BCUT2D eigenvalue weighted by Gasteiger charge is -2.11. The van der Waals surface area contributed by atoms with E-state index in [4.69, 9.17) is 10.5 Å². The van der Waals surface area contributed by atoms with Gasteiger partial charge >= 0.3 is 0 Å². The molecule has 20 heavy (non-hydrogen) atoms. The Hall–Kier alpha value is -2.49. The number of anilines is 2. The lowest BCUT2D eigenvalue weighted by atomic mass is 10.1. The van der Waals surface area contributed by atoms with Crippen molar-refractivity contribution < 1.29 is 9.53 Å². The summed E-state index contributed by atoms with van der Waals surface area (Å²) in [6.07, 6.45) is 0. The maximum Gasteiger partial charge on any atom is 0.161 e. The molecule has 2 rings (SSSR count). The Balaban J connectivity index is 2.15. The standard InChI is InChI=1S/C16H18N2O2/c1-11(19)14-9-13(7-8-15(14)17)18-10-12-5-3-4-6-16(12)20-2/h3-9,18H,10,17H2,1-2H3. The van der Waals surface area contributed by atoms with Crippen molar-refractivity contribution in [3.05, 3.63) is 53.6 Å². The van der Waals surface area contributed by atoms with E-state index in [1.807, 2.05) is 30.3 Å². The van der Waals surface area contributed by atoms with Crippen molar-refractivity contribution in [2.24, 2.45) is 0 Å². The first-order valence-corrected chi connectivity index (χ1v) is 6.38. The number of methoxy groups -OCH3 is 1. The summed E-state index contributed by atoms with van der Waals surface area (Å²) < 4.78 is 5.30. The summed E-state index contributed by atoms with van der Waals surface area (Å²) in [5.41, 5.74) is 8.72. The Labute approximate surface area is 118 Å². The van der Waals surface area contributed by atoms with Crippen molar-refractivity contribution in [1.82, 2.24) is 0 Å². The third-order valence-electron chi connectivity index (χ3n) is 3.11. The van der Waals surface area contributed by atoms with E-state index in [0.717, 1.165) is 17.0 Å². The number of rotatable bonds is 5. The minimum Gasteiger partial charge on any atom is -0.496 e. The molecule has 0 heterocycles. The maximum absolute atomic E-state index is 11.5. The van der Waals surface area contributed by atoms with Gasteiger partial charge in [-0.1, -0.05) is 18.2 Å². The van der Waals surface area contributed by atoms with Gasteiger partial charge in [0, 0.05) is 29.0 Å². The third-order valence-corrected chi connectivity index (χ3v) is 3.11. The zero-order chi connectivity index (χ0) is 14.5. The first-order chi connectivity index (χ1) is 9.61. The Morgan fingerprint density at radius 3 is 2.70 bits per heavy atom. The highest BCUT2D eigenvalue weighted by atomic mass is 16.5. The van der Waals surface area contributed by atoms with Gasteiger partial charge in [0.15, 0.2) is 5.78 Å². The summed E-state index contributed by atoms with van der Waals surface area (Å²) >= 11 is 0. The average Bonchev–Trinajstić information content (AvgIpc) is 2.46. The van der Waals surface area contributed by atoms with Gasteiger partial charge in [-0.25, -0.2) is 0 Å². The normalized spacial score (nSPS) is 10.1. The quantitative estimate of drug-likeness (QED) is 0.647. The molecule has 2 aromatic rings. The zero-order valence-corrected chi connectivity index (χ0v) is 11.6. The molecule has 0 aromatic heterocycles. The van der Waals surface area contributed by atoms with Gasteiger partial charge < -0.3 is 15.8 Å². The van der Waals surface area contributed by atoms with Crippen LogP contribution in [0, 0.1) is 0 Å². The number of benzene rings is 2. The fourth-order valence-electron chi connectivity index (χ4n) is 2.02. The number of para-hydroxylation sites is 1. The molecule has 0 aliphatic heterocycles. The fraction of sp³-hybridized carbons (Fsp3) is 0.188.